The van der Waals surface area contributed by atoms with Crippen LogP contribution in [0, 0.1) is 11.8 Å². The van der Waals surface area contributed by atoms with E-state index in [1.165, 1.54) is 11.1 Å². The van der Waals surface area contributed by atoms with Crippen molar-refractivity contribution in [1.29, 1.82) is 0 Å². The highest BCUT2D eigenvalue weighted by atomic mass is 14.1. The predicted octanol–water partition coefficient (Wildman–Crippen LogP) is 4.38. The summed E-state index contributed by atoms with van der Waals surface area (Å²) in [5, 5.41) is 0. The molecule has 1 aromatic carbocycles. The molecule has 0 heteroatoms. The van der Waals surface area contributed by atoms with Gasteiger partial charge < -0.3 is 0 Å². The minimum atomic E-state index is 0.597. The van der Waals surface area contributed by atoms with E-state index in [1.54, 1.807) is 0 Å². The van der Waals surface area contributed by atoms with Crippen molar-refractivity contribution in [3.63, 3.8) is 0 Å². The summed E-state index contributed by atoms with van der Waals surface area (Å²) in [5.74, 6) is 1.22. The standard InChI is InChI=1S/C14H20/c1-11(2)10-14(12(3)4)13-8-6-5-7-9-13/h5-12H,1-4H3/b14-10-. The largest absolute Gasteiger partial charge is 0.0779 e. The zero-order valence-corrected chi connectivity index (χ0v) is 9.62. The predicted molar refractivity (Wildman–Crippen MR) is 64.1 cm³/mol. The first kappa shape index (κ1) is 11.0. The highest BCUT2D eigenvalue weighted by Gasteiger charge is 2.05. The van der Waals surface area contributed by atoms with E-state index in [0.29, 0.717) is 11.8 Å². The number of hydrogen-bond acceptors (Lipinski definition) is 0. The van der Waals surface area contributed by atoms with Gasteiger partial charge in [-0.3, -0.25) is 0 Å². The summed E-state index contributed by atoms with van der Waals surface area (Å²) < 4.78 is 0. The molecule has 0 saturated heterocycles. The Kier molecular flexibility index (Phi) is 3.94. The van der Waals surface area contributed by atoms with Crippen molar-refractivity contribution in [1.82, 2.24) is 0 Å². The van der Waals surface area contributed by atoms with Gasteiger partial charge in [-0.25, -0.2) is 0 Å². The third kappa shape index (κ3) is 3.02. The SMILES string of the molecule is CC(C)/C=C(\c1ccccc1)C(C)C. The molecular weight excluding hydrogens is 168 g/mol. The Morgan fingerprint density at radius 1 is 1.00 bits per heavy atom. The van der Waals surface area contributed by atoms with Crippen molar-refractivity contribution in [3.05, 3.63) is 42.0 Å². The monoisotopic (exact) mass is 188 g/mol. The fraction of sp³-hybridized carbons (Fsp3) is 0.429. The minimum Gasteiger partial charge on any atom is -0.0779 e. The smallest absolute Gasteiger partial charge is 0.0216 e. The van der Waals surface area contributed by atoms with Gasteiger partial charge in [-0.1, -0.05) is 64.1 Å². The van der Waals surface area contributed by atoms with Gasteiger partial charge in [0.2, 0.25) is 0 Å². The number of benzene rings is 1. The molecule has 0 atom stereocenters. The molecule has 0 unspecified atom stereocenters. The van der Waals surface area contributed by atoms with Crippen LogP contribution in [0.2, 0.25) is 0 Å². The average Bonchev–Trinajstić information content (AvgIpc) is 2.15. The van der Waals surface area contributed by atoms with E-state index in [9.17, 15) is 0 Å². The van der Waals surface area contributed by atoms with Crippen LogP contribution in [0.4, 0.5) is 0 Å². The molecule has 14 heavy (non-hydrogen) atoms. The zero-order valence-electron chi connectivity index (χ0n) is 9.62. The molecule has 0 aromatic heterocycles. The van der Waals surface area contributed by atoms with Crippen molar-refractivity contribution in [2.24, 2.45) is 11.8 Å². The Balaban J connectivity index is 3.01. The third-order valence-electron chi connectivity index (χ3n) is 2.24. The Labute approximate surface area is 87.7 Å². The van der Waals surface area contributed by atoms with Gasteiger partial charge in [-0.15, -0.1) is 0 Å². The molecule has 0 spiro atoms. The molecule has 0 fully saturated rings. The van der Waals surface area contributed by atoms with Crippen molar-refractivity contribution in [2.45, 2.75) is 27.7 Å². The summed E-state index contributed by atoms with van der Waals surface area (Å²) in [6.07, 6.45) is 2.36. The van der Waals surface area contributed by atoms with Gasteiger partial charge in [-0.2, -0.15) is 0 Å². The summed E-state index contributed by atoms with van der Waals surface area (Å²) in [5.41, 5.74) is 2.82. The third-order valence-corrected chi connectivity index (χ3v) is 2.24. The number of rotatable bonds is 3. The molecule has 0 amide bonds. The minimum absolute atomic E-state index is 0.597. The lowest BCUT2D eigenvalue weighted by molar-refractivity contribution is 0.797. The Morgan fingerprint density at radius 2 is 1.57 bits per heavy atom. The van der Waals surface area contributed by atoms with Crippen LogP contribution < -0.4 is 0 Å². The van der Waals surface area contributed by atoms with E-state index in [1.807, 2.05) is 0 Å². The molecule has 0 saturated carbocycles. The van der Waals surface area contributed by atoms with Gasteiger partial charge in [0.05, 0.1) is 0 Å². The average molecular weight is 188 g/mol. The lowest BCUT2D eigenvalue weighted by Gasteiger charge is -2.13. The zero-order chi connectivity index (χ0) is 10.6. The summed E-state index contributed by atoms with van der Waals surface area (Å²) >= 11 is 0. The molecule has 0 aliphatic heterocycles. The number of hydrogen-bond donors (Lipinski definition) is 0. The first-order valence-electron chi connectivity index (χ1n) is 5.38. The molecule has 0 heterocycles. The Bertz CT molecular complexity index is 291. The molecule has 0 bridgehead atoms. The summed E-state index contributed by atoms with van der Waals surface area (Å²) in [6, 6.07) is 10.6. The van der Waals surface area contributed by atoms with Crippen LogP contribution >= 0.6 is 0 Å². The second-order valence-corrected chi connectivity index (χ2v) is 4.39. The second kappa shape index (κ2) is 4.99. The lowest BCUT2D eigenvalue weighted by Crippen LogP contribution is -1.95. The van der Waals surface area contributed by atoms with E-state index < -0.39 is 0 Å². The first-order valence-corrected chi connectivity index (χ1v) is 5.38. The second-order valence-electron chi connectivity index (χ2n) is 4.39. The van der Waals surface area contributed by atoms with Gasteiger partial charge in [0.1, 0.15) is 0 Å². The highest BCUT2D eigenvalue weighted by molar-refractivity contribution is 5.66. The molecule has 1 aromatic rings. The quantitative estimate of drug-likeness (QED) is 0.660. The Morgan fingerprint density at radius 3 is 2.00 bits per heavy atom. The maximum absolute atomic E-state index is 2.36. The Hall–Kier alpha value is -1.04. The van der Waals surface area contributed by atoms with Crippen molar-refractivity contribution >= 4 is 5.57 Å². The maximum Gasteiger partial charge on any atom is -0.0216 e. The van der Waals surface area contributed by atoms with Gasteiger partial charge in [0.15, 0.2) is 0 Å². The molecule has 0 nitrogen and oxygen atoms in total. The first-order chi connectivity index (χ1) is 6.61. The molecule has 0 radical (unpaired) electrons. The van der Waals surface area contributed by atoms with E-state index in [2.05, 4.69) is 64.1 Å². The van der Waals surface area contributed by atoms with Gasteiger partial charge in [0.25, 0.3) is 0 Å². The summed E-state index contributed by atoms with van der Waals surface area (Å²) in [4.78, 5) is 0. The van der Waals surface area contributed by atoms with Crippen molar-refractivity contribution in [3.8, 4) is 0 Å². The van der Waals surface area contributed by atoms with Crippen LogP contribution in [0.3, 0.4) is 0 Å². The van der Waals surface area contributed by atoms with Crippen LogP contribution in [0.15, 0.2) is 36.4 Å². The fourth-order valence-electron chi connectivity index (χ4n) is 1.61. The topological polar surface area (TPSA) is 0 Å². The number of allylic oxidation sites excluding steroid dienone is 2. The summed E-state index contributed by atoms with van der Waals surface area (Å²) in [6.45, 7) is 8.96. The normalized spacial score (nSPS) is 12.6. The fourth-order valence-corrected chi connectivity index (χ4v) is 1.61. The van der Waals surface area contributed by atoms with Gasteiger partial charge in [-0.05, 0) is 23.0 Å². The van der Waals surface area contributed by atoms with E-state index in [0.717, 1.165) is 0 Å². The van der Waals surface area contributed by atoms with Crippen LogP contribution in [0.5, 0.6) is 0 Å². The highest BCUT2D eigenvalue weighted by Crippen LogP contribution is 2.24. The molecule has 76 valence electrons. The van der Waals surface area contributed by atoms with Crippen molar-refractivity contribution < 1.29 is 0 Å². The summed E-state index contributed by atoms with van der Waals surface area (Å²) in [7, 11) is 0. The van der Waals surface area contributed by atoms with E-state index in [4.69, 9.17) is 0 Å². The van der Waals surface area contributed by atoms with Gasteiger partial charge >= 0.3 is 0 Å². The van der Waals surface area contributed by atoms with Gasteiger partial charge in [0, 0.05) is 0 Å². The van der Waals surface area contributed by atoms with Crippen molar-refractivity contribution in [2.75, 3.05) is 0 Å². The van der Waals surface area contributed by atoms with E-state index in [-0.39, 0.29) is 0 Å². The van der Waals surface area contributed by atoms with Crippen LogP contribution in [0.25, 0.3) is 5.57 Å². The maximum atomic E-state index is 2.36. The lowest BCUT2D eigenvalue weighted by atomic mass is 9.92. The molecule has 0 aliphatic carbocycles. The van der Waals surface area contributed by atoms with Crippen LogP contribution in [-0.4, -0.2) is 0 Å². The van der Waals surface area contributed by atoms with Crippen LogP contribution in [-0.2, 0) is 0 Å². The molecule has 0 N–H and O–H groups in total. The molecule has 1 rings (SSSR count). The molecule has 0 aliphatic rings. The molecular formula is C14H20. The van der Waals surface area contributed by atoms with E-state index >= 15 is 0 Å². The van der Waals surface area contributed by atoms with Crippen LogP contribution in [0.1, 0.15) is 33.3 Å².